The normalized spacial score (nSPS) is 18.6. The van der Waals surface area contributed by atoms with Crippen molar-refractivity contribution in [1.82, 2.24) is 9.97 Å². The first-order valence-corrected chi connectivity index (χ1v) is 7.82. The zero-order valence-corrected chi connectivity index (χ0v) is 13.0. The van der Waals surface area contributed by atoms with E-state index in [9.17, 15) is 5.11 Å². The molecule has 1 saturated heterocycles. The fourth-order valence-corrected chi connectivity index (χ4v) is 2.85. The Morgan fingerprint density at radius 2 is 2.29 bits per heavy atom. The Bertz CT molecular complexity index is 440. The lowest BCUT2D eigenvalue weighted by Crippen LogP contribution is -2.41. The summed E-state index contributed by atoms with van der Waals surface area (Å²) in [5.41, 5.74) is 0. The van der Waals surface area contributed by atoms with Gasteiger partial charge in [-0.15, -0.1) is 0 Å². The van der Waals surface area contributed by atoms with Crippen molar-refractivity contribution in [3.8, 4) is 5.75 Å². The van der Waals surface area contributed by atoms with Gasteiger partial charge >= 0.3 is 0 Å². The maximum atomic E-state index is 9.28. The summed E-state index contributed by atoms with van der Waals surface area (Å²) >= 11 is 0. The highest BCUT2D eigenvalue weighted by Crippen LogP contribution is 2.35. The van der Waals surface area contributed by atoms with Gasteiger partial charge in [0.25, 0.3) is 0 Å². The van der Waals surface area contributed by atoms with Gasteiger partial charge in [0, 0.05) is 25.7 Å². The van der Waals surface area contributed by atoms with Crippen molar-refractivity contribution < 1.29 is 9.84 Å². The number of nitrogens with zero attached hydrogens (tertiary/aromatic N) is 3. The molecule has 1 unspecified atom stereocenters. The van der Waals surface area contributed by atoms with Crippen LogP contribution in [0.3, 0.4) is 0 Å². The number of aromatic nitrogens is 2. The fraction of sp³-hybridized carbons (Fsp3) is 0.733. The largest absolute Gasteiger partial charge is 0.490 e. The van der Waals surface area contributed by atoms with E-state index in [0.29, 0.717) is 11.8 Å². The second kappa shape index (κ2) is 8.02. The van der Waals surface area contributed by atoms with Gasteiger partial charge in [-0.05, 0) is 32.1 Å². The molecule has 0 aromatic carbocycles. The first-order valence-electron chi connectivity index (χ1n) is 7.82. The van der Waals surface area contributed by atoms with E-state index in [1.54, 1.807) is 13.4 Å². The molecule has 1 aromatic heterocycles. The summed E-state index contributed by atoms with van der Waals surface area (Å²) in [6.45, 7) is 4.12. The molecule has 21 heavy (non-hydrogen) atoms. The number of nitrogens with one attached hydrogen (secondary N) is 1. The first-order chi connectivity index (χ1) is 10.3. The average Bonchev–Trinajstić information content (AvgIpc) is 2.53. The van der Waals surface area contributed by atoms with E-state index in [-0.39, 0.29) is 6.61 Å². The van der Waals surface area contributed by atoms with Gasteiger partial charge in [-0.3, -0.25) is 0 Å². The van der Waals surface area contributed by atoms with Crippen LogP contribution in [0.2, 0.25) is 0 Å². The number of methoxy groups -OCH3 is 1. The molecule has 2 N–H and O–H groups in total. The quantitative estimate of drug-likeness (QED) is 0.802. The second-order valence-corrected chi connectivity index (χ2v) is 5.36. The monoisotopic (exact) mass is 294 g/mol. The van der Waals surface area contributed by atoms with Gasteiger partial charge in [0.2, 0.25) is 5.75 Å². The summed E-state index contributed by atoms with van der Waals surface area (Å²) in [7, 11) is 1.66. The number of rotatable bonds is 7. The molecule has 6 nitrogen and oxygen atoms in total. The van der Waals surface area contributed by atoms with Crippen molar-refractivity contribution in [2.45, 2.75) is 45.1 Å². The van der Waals surface area contributed by atoms with E-state index in [2.05, 4.69) is 27.1 Å². The highest BCUT2D eigenvalue weighted by molar-refractivity contribution is 5.65. The number of aliphatic hydroxyl groups is 1. The van der Waals surface area contributed by atoms with Gasteiger partial charge in [-0.25, -0.2) is 9.97 Å². The minimum atomic E-state index is 0.204. The first kappa shape index (κ1) is 15.8. The van der Waals surface area contributed by atoms with Crippen LogP contribution < -0.4 is 15.0 Å². The van der Waals surface area contributed by atoms with Gasteiger partial charge in [0.1, 0.15) is 6.33 Å². The molecule has 0 amide bonds. The molecule has 6 heteroatoms. The lowest BCUT2D eigenvalue weighted by Gasteiger charge is -2.37. The standard InChI is InChI=1S/C15H26N4O2/c1-3-8-16-14-13(21-2)15(18-11-17-14)19-9-5-4-6-12(19)7-10-20/h11-12,20H,3-10H2,1-2H3,(H,16,17,18). The van der Waals surface area contributed by atoms with Crippen molar-refractivity contribution in [2.24, 2.45) is 0 Å². The Morgan fingerprint density at radius 3 is 3.00 bits per heavy atom. The summed E-state index contributed by atoms with van der Waals surface area (Å²) in [5.74, 6) is 2.29. The Balaban J connectivity index is 2.27. The minimum Gasteiger partial charge on any atom is -0.490 e. The molecule has 1 atom stereocenters. The zero-order chi connectivity index (χ0) is 15.1. The number of ether oxygens (including phenoxy) is 1. The van der Waals surface area contributed by atoms with E-state index < -0.39 is 0 Å². The molecule has 0 bridgehead atoms. The molecule has 1 aliphatic heterocycles. The average molecular weight is 294 g/mol. The summed E-state index contributed by atoms with van der Waals surface area (Å²) in [5, 5.41) is 12.6. The maximum absolute atomic E-state index is 9.28. The van der Waals surface area contributed by atoms with Crippen LogP contribution in [0.25, 0.3) is 0 Å². The van der Waals surface area contributed by atoms with Crippen LogP contribution in [0.5, 0.6) is 5.75 Å². The van der Waals surface area contributed by atoms with Gasteiger partial charge < -0.3 is 20.1 Å². The fourth-order valence-electron chi connectivity index (χ4n) is 2.85. The number of anilines is 2. The molecular weight excluding hydrogens is 268 g/mol. The number of aliphatic hydroxyl groups excluding tert-OH is 1. The van der Waals surface area contributed by atoms with Crippen LogP contribution in [-0.2, 0) is 0 Å². The van der Waals surface area contributed by atoms with Gasteiger partial charge in [-0.2, -0.15) is 0 Å². The van der Waals surface area contributed by atoms with E-state index in [1.807, 2.05) is 0 Å². The summed E-state index contributed by atoms with van der Waals surface area (Å²) in [6, 6.07) is 0.326. The van der Waals surface area contributed by atoms with E-state index in [0.717, 1.165) is 50.4 Å². The van der Waals surface area contributed by atoms with Gasteiger partial charge in [0.15, 0.2) is 11.6 Å². The van der Waals surface area contributed by atoms with Crippen molar-refractivity contribution in [3.05, 3.63) is 6.33 Å². The summed E-state index contributed by atoms with van der Waals surface area (Å²) in [4.78, 5) is 11.0. The molecule has 1 fully saturated rings. The molecule has 0 radical (unpaired) electrons. The SMILES string of the molecule is CCCNc1ncnc(N2CCCCC2CCO)c1OC. The third kappa shape index (κ3) is 3.75. The lowest BCUT2D eigenvalue weighted by atomic mass is 9.99. The van der Waals surface area contributed by atoms with Gasteiger partial charge in [0.05, 0.1) is 7.11 Å². The van der Waals surface area contributed by atoms with Crippen LogP contribution in [0.4, 0.5) is 11.6 Å². The third-order valence-electron chi connectivity index (χ3n) is 3.89. The molecule has 118 valence electrons. The predicted octanol–water partition coefficient (Wildman–Crippen LogP) is 2.05. The van der Waals surface area contributed by atoms with Crippen LogP contribution in [0.15, 0.2) is 6.33 Å². The Kier molecular flexibility index (Phi) is 6.04. The highest BCUT2D eigenvalue weighted by Gasteiger charge is 2.27. The molecule has 1 aliphatic rings. The number of hydrogen-bond acceptors (Lipinski definition) is 6. The summed E-state index contributed by atoms with van der Waals surface area (Å²) < 4.78 is 5.56. The van der Waals surface area contributed by atoms with Gasteiger partial charge in [-0.1, -0.05) is 6.92 Å². The van der Waals surface area contributed by atoms with E-state index in [4.69, 9.17) is 4.74 Å². The van der Waals surface area contributed by atoms with Crippen molar-refractivity contribution in [3.63, 3.8) is 0 Å². The summed E-state index contributed by atoms with van der Waals surface area (Å²) in [6.07, 6.45) is 6.82. The molecule has 0 spiro atoms. The van der Waals surface area contributed by atoms with E-state index in [1.165, 1.54) is 6.42 Å². The van der Waals surface area contributed by atoms with Crippen LogP contribution in [0, 0.1) is 0 Å². The van der Waals surface area contributed by atoms with E-state index >= 15 is 0 Å². The zero-order valence-electron chi connectivity index (χ0n) is 13.0. The molecule has 1 aromatic rings. The molecule has 2 rings (SSSR count). The van der Waals surface area contributed by atoms with Crippen LogP contribution in [0.1, 0.15) is 39.0 Å². The third-order valence-corrected chi connectivity index (χ3v) is 3.89. The molecular formula is C15H26N4O2. The van der Waals surface area contributed by atoms with Crippen molar-refractivity contribution >= 4 is 11.6 Å². The van der Waals surface area contributed by atoms with Crippen LogP contribution >= 0.6 is 0 Å². The smallest absolute Gasteiger partial charge is 0.204 e. The molecule has 2 heterocycles. The maximum Gasteiger partial charge on any atom is 0.204 e. The number of piperidine rings is 1. The van der Waals surface area contributed by atoms with Crippen molar-refractivity contribution in [1.29, 1.82) is 0 Å². The topological polar surface area (TPSA) is 70.5 Å². The second-order valence-electron chi connectivity index (χ2n) is 5.36. The highest BCUT2D eigenvalue weighted by atomic mass is 16.5. The Labute approximate surface area is 126 Å². The predicted molar refractivity (Wildman–Crippen MR) is 84.1 cm³/mol. The lowest BCUT2D eigenvalue weighted by molar-refractivity contribution is 0.261. The van der Waals surface area contributed by atoms with Crippen molar-refractivity contribution in [2.75, 3.05) is 37.0 Å². The molecule has 0 aliphatic carbocycles. The van der Waals surface area contributed by atoms with Crippen LogP contribution in [-0.4, -0.2) is 47.9 Å². The number of hydrogen-bond donors (Lipinski definition) is 2. The minimum absolute atomic E-state index is 0.204. The Morgan fingerprint density at radius 1 is 1.43 bits per heavy atom. The molecule has 0 saturated carbocycles. The Hall–Kier alpha value is -1.56.